The van der Waals surface area contributed by atoms with E-state index in [1.807, 2.05) is 44.2 Å². The largest absolute Gasteiger partial charge is 0.460 e. The molecule has 3 nitrogen and oxygen atoms in total. The first-order valence-electron chi connectivity index (χ1n) is 6.22. The second-order valence-corrected chi connectivity index (χ2v) is 4.02. The molecular formula is C15H17NO2. The van der Waals surface area contributed by atoms with Gasteiger partial charge in [0, 0.05) is 30.0 Å². The Labute approximate surface area is 106 Å². The van der Waals surface area contributed by atoms with Crippen LogP contribution < -0.4 is 5.32 Å². The third-order valence-electron chi connectivity index (χ3n) is 2.78. The summed E-state index contributed by atoms with van der Waals surface area (Å²) >= 11 is 0. The van der Waals surface area contributed by atoms with Crippen LogP contribution in [0.25, 0.3) is 17.0 Å². The lowest BCUT2D eigenvalue weighted by molar-refractivity contribution is -0.116. The lowest BCUT2D eigenvalue weighted by Crippen LogP contribution is -2.19. The van der Waals surface area contributed by atoms with E-state index in [1.54, 1.807) is 6.08 Å². The van der Waals surface area contributed by atoms with Crippen LogP contribution in [0.4, 0.5) is 0 Å². The topological polar surface area (TPSA) is 42.2 Å². The molecule has 0 aliphatic heterocycles. The third-order valence-corrected chi connectivity index (χ3v) is 2.78. The van der Waals surface area contributed by atoms with Gasteiger partial charge in [-0.2, -0.15) is 0 Å². The van der Waals surface area contributed by atoms with Crippen LogP contribution in [0.3, 0.4) is 0 Å². The second-order valence-electron chi connectivity index (χ2n) is 4.02. The predicted octanol–water partition coefficient (Wildman–Crippen LogP) is 3.14. The summed E-state index contributed by atoms with van der Waals surface area (Å²) in [6.07, 6.45) is 4.19. The molecule has 1 N–H and O–H groups in total. The maximum Gasteiger partial charge on any atom is 0.243 e. The predicted molar refractivity (Wildman–Crippen MR) is 73.3 cm³/mol. The van der Waals surface area contributed by atoms with Gasteiger partial charge in [-0.05, 0) is 19.1 Å². The highest BCUT2D eigenvalue weighted by Gasteiger charge is 2.09. The number of furan rings is 1. The fourth-order valence-electron chi connectivity index (χ4n) is 1.95. The number of carbonyl (C=O) groups excluding carboxylic acids is 1. The van der Waals surface area contributed by atoms with Crippen molar-refractivity contribution in [3.63, 3.8) is 0 Å². The lowest BCUT2D eigenvalue weighted by atomic mass is 10.1. The Kier molecular flexibility index (Phi) is 3.82. The van der Waals surface area contributed by atoms with Gasteiger partial charge in [0.2, 0.25) is 5.91 Å². The summed E-state index contributed by atoms with van der Waals surface area (Å²) in [5, 5.41) is 3.79. The van der Waals surface area contributed by atoms with Crippen LogP contribution in [0.15, 0.2) is 34.8 Å². The minimum absolute atomic E-state index is 0.0789. The number of hydrogen-bond donors (Lipinski definition) is 1. The van der Waals surface area contributed by atoms with Crippen molar-refractivity contribution in [2.24, 2.45) is 0 Å². The molecule has 1 heterocycles. The molecule has 0 spiro atoms. The van der Waals surface area contributed by atoms with E-state index >= 15 is 0 Å². The molecule has 2 rings (SSSR count). The van der Waals surface area contributed by atoms with E-state index < -0.39 is 0 Å². The molecule has 0 saturated heterocycles. The zero-order chi connectivity index (χ0) is 13.0. The molecule has 2 aromatic rings. The molecule has 0 aliphatic carbocycles. The van der Waals surface area contributed by atoms with E-state index in [2.05, 4.69) is 5.32 Å². The van der Waals surface area contributed by atoms with Crippen LogP contribution in [-0.2, 0) is 11.2 Å². The van der Waals surface area contributed by atoms with Crippen LogP contribution in [0.2, 0.25) is 0 Å². The van der Waals surface area contributed by atoms with E-state index in [0.717, 1.165) is 28.7 Å². The van der Waals surface area contributed by atoms with Crippen molar-refractivity contribution in [2.45, 2.75) is 20.3 Å². The van der Waals surface area contributed by atoms with Crippen molar-refractivity contribution < 1.29 is 9.21 Å². The Morgan fingerprint density at radius 1 is 1.33 bits per heavy atom. The molecule has 0 radical (unpaired) electrons. The first-order valence-corrected chi connectivity index (χ1v) is 6.22. The van der Waals surface area contributed by atoms with E-state index in [-0.39, 0.29) is 5.91 Å². The average molecular weight is 243 g/mol. The van der Waals surface area contributed by atoms with Gasteiger partial charge in [0.05, 0.1) is 0 Å². The molecule has 0 fully saturated rings. The normalized spacial score (nSPS) is 11.2. The van der Waals surface area contributed by atoms with Crippen molar-refractivity contribution in [1.82, 2.24) is 5.32 Å². The Morgan fingerprint density at radius 3 is 2.83 bits per heavy atom. The van der Waals surface area contributed by atoms with E-state index in [4.69, 9.17) is 4.42 Å². The molecular weight excluding hydrogens is 226 g/mol. The van der Waals surface area contributed by atoms with Gasteiger partial charge in [0.1, 0.15) is 11.3 Å². The highest BCUT2D eigenvalue weighted by Crippen LogP contribution is 2.27. The third kappa shape index (κ3) is 2.45. The number of benzene rings is 1. The molecule has 0 atom stereocenters. The SMILES string of the molecule is CCNC(=O)/C=C/c1c(CC)oc2ccccc12. The van der Waals surface area contributed by atoms with Crippen molar-refractivity contribution in [2.75, 3.05) is 6.54 Å². The molecule has 1 aromatic carbocycles. The minimum Gasteiger partial charge on any atom is -0.460 e. The first-order chi connectivity index (χ1) is 8.76. The summed E-state index contributed by atoms with van der Waals surface area (Å²) in [6.45, 7) is 4.58. The molecule has 0 bridgehead atoms. The zero-order valence-electron chi connectivity index (χ0n) is 10.7. The van der Waals surface area contributed by atoms with Crippen molar-refractivity contribution in [1.29, 1.82) is 0 Å². The van der Waals surface area contributed by atoms with Crippen LogP contribution >= 0.6 is 0 Å². The molecule has 1 amide bonds. The van der Waals surface area contributed by atoms with E-state index in [9.17, 15) is 4.79 Å². The van der Waals surface area contributed by atoms with Crippen LogP contribution in [0.5, 0.6) is 0 Å². The Morgan fingerprint density at radius 2 is 2.11 bits per heavy atom. The van der Waals surface area contributed by atoms with Gasteiger partial charge in [-0.3, -0.25) is 4.79 Å². The van der Waals surface area contributed by atoms with Gasteiger partial charge in [0.15, 0.2) is 0 Å². The van der Waals surface area contributed by atoms with Gasteiger partial charge in [-0.15, -0.1) is 0 Å². The minimum atomic E-state index is -0.0789. The number of carbonyl (C=O) groups is 1. The number of likely N-dealkylation sites (N-methyl/N-ethyl adjacent to an activating group) is 1. The Hall–Kier alpha value is -2.03. The molecule has 0 unspecified atom stereocenters. The van der Waals surface area contributed by atoms with Crippen LogP contribution in [0.1, 0.15) is 25.2 Å². The number of rotatable bonds is 4. The van der Waals surface area contributed by atoms with Crippen LogP contribution in [-0.4, -0.2) is 12.5 Å². The summed E-state index contributed by atoms with van der Waals surface area (Å²) in [4.78, 5) is 11.4. The Bertz CT molecular complexity index is 581. The summed E-state index contributed by atoms with van der Waals surface area (Å²) in [7, 11) is 0. The fraction of sp³-hybridized carbons (Fsp3) is 0.267. The van der Waals surface area contributed by atoms with Gasteiger partial charge in [-0.25, -0.2) is 0 Å². The Balaban J connectivity index is 2.39. The van der Waals surface area contributed by atoms with Gasteiger partial charge >= 0.3 is 0 Å². The van der Waals surface area contributed by atoms with Crippen molar-refractivity contribution >= 4 is 23.0 Å². The van der Waals surface area contributed by atoms with Gasteiger partial charge in [0.25, 0.3) is 0 Å². The summed E-state index contributed by atoms with van der Waals surface area (Å²) in [5.74, 6) is 0.835. The van der Waals surface area contributed by atoms with E-state index in [1.165, 1.54) is 0 Å². The number of nitrogens with one attached hydrogen (secondary N) is 1. The van der Waals surface area contributed by atoms with Gasteiger partial charge in [-0.1, -0.05) is 25.1 Å². The molecule has 0 aliphatic rings. The van der Waals surface area contributed by atoms with Crippen molar-refractivity contribution in [3.8, 4) is 0 Å². The quantitative estimate of drug-likeness (QED) is 0.838. The summed E-state index contributed by atoms with van der Waals surface area (Å²) < 4.78 is 5.76. The first kappa shape index (κ1) is 12.4. The van der Waals surface area contributed by atoms with Crippen molar-refractivity contribution in [3.05, 3.63) is 41.7 Å². The number of para-hydroxylation sites is 1. The van der Waals surface area contributed by atoms with Crippen LogP contribution in [0, 0.1) is 0 Å². The molecule has 0 saturated carbocycles. The summed E-state index contributed by atoms with van der Waals surface area (Å²) in [5.41, 5.74) is 1.87. The monoisotopic (exact) mass is 243 g/mol. The molecule has 18 heavy (non-hydrogen) atoms. The zero-order valence-corrected chi connectivity index (χ0v) is 10.7. The standard InChI is InChI=1S/C15H17NO2/c1-3-13-12(9-10-15(17)16-4-2)11-7-5-6-8-14(11)18-13/h5-10H,3-4H2,1-2H3,(H,16,17)/b10-9+. The molecule has 94 valence electrons. The highest BCUT2D eigenvalue weighted by molar-refractivity contribution is 5.96. The smallest absolute Gasteiger partial charge is 0.243 e. The maximum absolute atomic E-state index is 11.4. The molecule has 1 aromatic heterocycles. The maximum atomic E-state index is 11.4. The highest BCUT2D eigenvalue weighted by atomic mass is 16.3. The number of fused-ring (bicyclic) bond motifs is 1. The van der Waals surface area contributed by atoms with E-state index in [0.29, 0.717) is 6.54 Å². The summed E-state index contributed by atoms with van der Waals surface area (Å²) in [6, 6.07) is 7.87. The lowest BCUT2D eigenvalue weighted by Gasteiger charge is -1.96. The average Bonchev–Trinajstić information content (AvgIpc) is 2.74. The van der Waals surface area contributed by atoms with Gasteiger partial charge < -0.3 is 9.73 Å². The fourth-order valence-corrected chi connectivity index (χ4v) is 1.95. The second kappa shape index (κ2) is 5.54. The number of amides is 1. The number of hydrogen-bond acceptors (Lipinski definition) is 2. The molecule has 3 heteroatoms. The number of aryl methyl sites for hydroxylation is 1.